The maximum absolute atomic E-state index is 15.6. The molecule has 1 fully saturated rings. The van der Waals surface area contributed by atoms with E-state index in [9.17, 15) is 10.1 Å². The first-order chi connectivity index (χ1) is 18.0. The van der Waals surface area contributed by atoms with Gasteiger partial charge in [-0.1, -0.05) is 62.2 Å². The van der Waals surface area contributed by atoms with Gasteiger partial charge in [0.15, 0.2) is 12.1 Å². The number of halogens is 4. The quantitative estimate of drug-likeness (QED) is 0.385. The van der Waals surface area contributed by atoms with Crippen LogP contribution in [0.25, 0.3) is 0 Å². The number of amides is 1. The van der Waals surface area contributed by atoms with E-state index >= 15 is 8.78 Å². The van der Waals surface area contributed by atoms with Gasteiger partial charge < -0.3 is 10.1 Å². The van der Waals surface area contributed by atoms with Crippen molar-refractivity contribution < 1.29 is 18.3 Å². The number of aromatic amines is 1. The lowest BCUT2D eigenvalue weighted by Crippen LogP contribution is -2.44. The van der Waals surface area contributed by atoms with Crippen LogP contribution in [-0.2, 0) is 16.7 Å². The zero-order valence-electron chi connectivity index (χ0n) is 20.7. The van der Waals surface area contributed by atoms with Crippen LogP contribution in [0.5, 0.6) is 0 Å². The van der Waals surface area contributed by atoms with Crippen molar-refractivity contribution in [2.75, 3.05) is 0 Å². The fourth-order valence-electron chi connectivity index (χ4n) is 4.94. The molecule has 2 aromatic carbocycles. The zero-order valence-corrected chi connectivity index (χ0v) is 22.2. The molecule has 4 atom stereocenters. The number of carbonyl (C=O) groups is 1. The molecule has 1 aliphatic heterocycles. The first-order valence-corrected chi connectivity index (χ1v) is 12.5. The van der Waals surface area contributed by atoms with Crippen LogP contribution in [0.15, 0.2) is 36.4 Å². The summed E-state index contributed by atoms with van der Waals surface area (Å²) in [7, 11) is 0. The van der Waals surface area contributed by atoms with Crippen molar-refractivity contribution in [3.05, 3.63) is 75.0 Å². The molecule has 1 aromatic heterocycles. The fourth-order valence-corrected chi connectivity index (χ4v) is 5.28. The lowest BCUT2D eigenvalue weighted by Gasteiger charge is -2.37. The summed E-state index contributed by atoms with van der Waals surface area (Å²) < 4.78 is 36.8. The van der Waals surface area contributed by atoms with Gasteiger partial charge in [0.05, 0.1) is 23.6 Å². The van der Waals surface area contributed by atoms with Crippen molar-refractivity contribution in [1.82, 2.24) is 31.3 Å². The zero-order chi connectivity index (χ0) is 27.7. The molecule has 2 heterocycles. The van der Waals surface area contributed by atoms with Gasteiger partial charge in [0, 0.05) is 16.6 Å². The number of alkyl carbamates (subject to hydrolysis) is 1. The number of benzene rings is 2. The molecule has 0 spiro atoms. The normalized spacial score (nSPS) is 23.2. The Morgan fingerprint density at radius 1 is 1.26 bits per heavy atom. The molecular weight excluding hydrogens is 539 g/mol. The van der Waals surface area contributed by atoms with Gasteiger partial charge in [-0.2, -0.15) is 5.26 Å². The highest BCUT2D eigenvalue weighted by Gasteiger charge is 2.61. The molecule has 38 heavy (non-hydrogen) atoms. The van der Waals surface area contributed by atoms with Crippen LogP contribution in [0.1, 0.15) is 50.1 Å². The molecule has 0 unspecified atom stereocenters. The number of rotatable bonds is 6. The van der Waals surface area contributed by atoms with E-state index in [4.69, 9.17) is 27.9 Å². The van der Waals surface area contributed by atoms with Gasteiger partial charge >= 0.3 is 6.09 Å². The molecule has 3 aromatic rings. The Hall–Kier alpha value is -3.33. The molecular formula is C25H25Cl2F2N7O2. The minimum Gasteiger partial charge on any atom is -0.430 e. The summed E-state index contributed by atoms with van der Waals surface area (Å²) in [4.78, 5) is 12.8. The molecule has 0 bridgehead atoms. The fraction of sp³-hybridized carbons (Fsp3) is 0.400. The van der Waals surface area contributed by atoms with E-state index in [1.54, 1.807) is 0 Å². The maximum atomic E-state index is 15.6. The average molecular weight is 564 g/mol. The summed E-state index contributed by atoms with van der Waals surface area (Å²) in [5.41, 5.74) is -2.08. The van der Waals surface area contributed by atoms with E-state index in [1.165, 1.54) is 30.3 Å². The smallest absolute Gasteiger partial charge is 0.409 e. The van der Waals surface area contributed by atoms with Crippen LogP contribution in [0.4, 0.5) is 13.6 Å². The second-order valence-electron chi connectivity index (χ2n) is 10.2. The van der Waals surface area contributed by atoms with Gasteiger partial charge in [-0.3, -0.25) is 5.32 Å². The number of nitrogens with zero attached hydrogens (tertiary/aromatic N) is 4. The first kappa shape index (κ1) is 27.7. The van der Waals surface area contributed by atoms with E-state index < -0.39 is 41.3 Å². The maximum Gasteiger partial charge on any atom is 0.409 e. The van der Waals surface area contributed by atoms with E-state index in [2.05, 4.69) is 37.3 Å². The lowest BCUT2D eigenvalue weighted by atomic mass is 9.63. The lowest BCUT2D eigenvalue weighted by molar-refractivity contribution is 0.0732. The predicted molar refractivity (Wildman–Crippen MR) is 135 cm³/mol. The van der Waals surface area contributed by atoms with Crippen molar-refractivity contribution in [2.45, 2.75) is 57.3 Å². The highest BCUT2D eigenvalue weighted by Crippen LogP contribution is 2.52. The molecule has 9 nitrogen and oxygen atoms in total. The molecule has 0 radical (unpaired) electrons. The summed E-state index contributed by atoms with van der Waals surface area (Å²) in [5.74, 6) is -2.45. The van der Waals surface area contributed by atoms with Crippen LogP contribution in [-0.4, -0.2) is 39.0 Å². The summed E-state index contributed by atoms with van der Waals surface area (Å²) in [6.45, 7) is 5.79. The molecule has 200 valence electrons. The Balaban J connectivity index is 1.85. The van der Waals surface area contributed by atoms with E-state index in [-0.39, 0.29) is 39.0 Å². The van der Waals surface area contributed by atoms with Crippen LogP contribution in [0.3, 0.4) is 0 Å². The molecule has 13 heteroatoms. The highest BCUT2D eigenvalue weighted by atomic mass is 35.5. The second-order valence-corrected chi connectivity index (χ2v) is 11.1. The number of tetrazole rings is 1. The number of nitriles is 1. The molecule has 1 aliphatic rings. The summed E-state index contributed by atoms with van der Waals surface area (Å²) in [5, 5.41) is 29.5. The van der Waals surface area contributed by atoms with Gasteiger partial charge in [-0.05, 0) is 46.0 Å². The molecule has 4 rings (SSSR count). The van der Waals surface area contributed by atoms with Crippen molar-refractivity contribution in [3.63, 3.8) is 0 Å². The SMILES string of the molecule is CC(C)(C)C[C@@H]1N[C@H](OC(=O)NCc2nnn[nH]2)[C@H](c2cccc(Cl)c2F)[C@@]1(C#N)c1ccc(Cl)cc1F. The predicted octanol–water partition coefficient (Wildman–Crippen LogP) is 4.99. The number of hydrogen-bond donors (Lipinski definition) is 3. The van der Waals surface area contributed by atoms with Gasteiger partial charge in [0.25, 0.3) is 0 Å². The standard InChI is InChI=1S/C25H25Cl2F2N7O2/c1-24(2,3)10-18-25(12-30,15-8-7-13(26)9-17(15)28)20(14-5-4-6-16(27)21(14)29)22(32-18)38-23(37)31-11-19-33-35-36-34-19/h4-9,18,20,22,32H,10-11H2,1-3H3,(H,31,37)(H,33,34,35,36)/t18-,20-,22+,25-/m0/s1. The number of hydrogen-bond acceptors (Lipinski definition) is 7. The Morgan fingerprint density at radius 2 is 2.03 bits per heavy atom. The number of H-pyrrole nitrogens is 1. The average Bonchev–Trinajstić information content (AvgIpc) is 3.45. The van der Waals surface area contributed by atoms with E-state index in [0.717, 1.165) is 6.07 Å². The Morgan fingerprint density at radius 3 is 2.66 bits per heavy atom. The largest absolute Gasteiger partial charge is 0.430 e. The number of carbonyl (C=O) groups excluding carboxylic acids is 1. The number of aromatic nitrogens is 4. The van der Waals surface area contributed by atoms with Crippen LogP contribution < -0.4 is 10.6 Å². The van der Waals surface area contributed by atoms with Crippen LogP contribution in [0.2, 0.25) is 10.0 Å². The third kappa shape index (κ3) is 5.43. The second kappa shape index (κ2) is 10.8. The topological polar surface area (TPSA) is 129 Å². The molecule has 0 aliphatic carbocycles. The number of ether oxygens (including phenoxy) is 1. The third-order valence-corrected chi connectivity index (χ3v) is 6.95. The van der Waals surface area contributed by atoms with Crippen LogP contribution in [0, 0.1) is 28.4 Å². The van der Waals surface area contributed by atoms with E-state index in [0.29, 0.717) is 6.42 Å². The van der Waals surface area contributed by atoms with Crippen LogP contribution >= 0.6 is 23.2 Å². The van der Waals surface area contributed by atoms with Gasteiger partial charge in [-0.25, -0.2) is 18.7 Å². The Labute approximate surface area is 227 Å². The third-order valence-electron chi connectivity index (χ3n) is 6.43. The van der Waals surface area contributed by atoms with Gasteiger partial charge in [0.1, 0.15) is 17.0 Å². The molecule has 3 N–H and O–H groups in total. The van der Waals surface area contributed by atoms with Crippen molar-refractivity contribution in [3.8, 4) is 6.07 Å². The minimum atomic E-state index is -1.72. The Bertz CT molecular complexity index is 1360. The highest BCUT2D eigenvalue weighted by molar-refractivity contribution is 6.31. The monoisotopic (exact) mass is 563 g/mol. The van der Waals surface area contributed by atoms with Crippen molar-refractivity contribution >= 4 is 29.3 Å². The summed E-state index contributed by atoms with van der Waals surface area (Å²) >= 11 is 12.1. The van der Waals surface area contributed by atoms with Crippen molar-refractivity contribution in [1.29, 1.82) is 5.26 Å². The first-order valence-electron chi connectivity index (χ1n) is 11.7. The number of nitrogens with one attached hydrogen (secondary N) is 3. The summed E-state index contributed by atoms with van der Waals surface area (Å²) in [6.07, 6.45) is -1.77. The molecule has 1 saturated heterocycles. The Kier molecular flexibility index (Phi) is 7.88. The van der Waals surface area contributed by atoms with Gasteiger partial charge in [-0.15, -0.1) is 5.10 Å². The van der Waals surface area contributed by atoms with Crippen molar-refractivity contribution in [2.24, 2.45) is 5.41 Å². The molecule has 0 saturated carbocycles. The van der Waals surface area contributed by atoms with E-state index in [1.807, 2.05) is 20.8 Å². The summed E-state index contributed by atoms with van der Waals surface area (Å²) in [6, 6.07) is 9.82. The minimum absolute atomic E-state index is 0.00484. The van der Waals surface area contributed by atoms with Gasteiger partial charge in [0.2, 0.25) is 0 Å². The molecule has 1 amide bonds.